The quantitative estimate of drug-likeness (QED) is 0.0213. The van der Waals surface area contributed by atoms with Gasteiger partial charge in [-0.2, -0.15) is 0 Å². The fraction of sp³-hybridized carbons (Fsp3) is 0.577. The second-order valence-corrected chi connectivity index (χ2v) is 17.5. The standard InChI is InChI=1S/C52H84NO8P/c1-6-8-10-12-14-16-18-20-22-24-26-28-30-32-34-36-38-40-42-44-51(54)58-48-50(49-60-62(56,57)59-47-46-53(3,4)5)61-52(55)45-43-41-39-37-35-33-31-29-27-25-23-21-19-17-15-13-11-9-7-2/h8-11,14-17,20-23,26-29,32-35,50H,6-7,12-13,18-19,24-25,30-31,36-49H2,1-5H3/p+1/b10-8+,11-9+,16-14+,17-15+,22-20+,23-21+,28-26+,29-27+,34-32+,35-33+/t50-/m1/s1. The number of phosphoric acid groups is 1. The van der Waals surface area contributed by atoms with Crippen molar-refractivity contribution in [3.63, 3.8) is 0 Å². The predicted octanol–water partition coefficient (Wildman–Crippen LogP) is 13.7. The third-order valence-corrected chi connectivity index (χ3v) is 9.97. The number of quaternary nitrogens is 1. The van der Waals surface area contributed by atoms with Crippen LogP contribution in [-0.2, 0) is 32.7 Å². The molecule has 0 aromatic rings. The number of ether oxygens (including phenoxy) is 2. The Bertz CT molecular complexity index is 1460. The lowest BCUT2D eigenvalue weighted by molar-refractivity contribution is -0.870. The van der Waals surface area contributed by atoms with Gasteiger partial charge >= 0.3 is 19.8 Å². The van der Waals surface area contributed by atoms with Crippen molar-refractivity contribution < 1.29 is 42.1 Å². The lowest BCUT2D eigenvalue weighted by Crippen LogP contribution is -2.37. The fourth-order valence-corrected chi connectivity index (χ4v) is 6.16. The Balaban J connectivity index is 4.49. The van der Waals surface area contributed by atoms with Gasteiger partial charge in [-0.15, -0.1) is 0 Å². The lowest BCUT2D eigenvalue weighted by Gasteiger charge is -2.24. The number of rotatable bonds is 40. The smallest absolute Gasteiger partial charge is 0.462 e. The Kier molecular flexibility index (Phi) is 40.2. The highest BCUT2D eigenvalue weighted by atomic mass is 31.2. The van der Waals surface area contributed by atoms with Crippen LogP contribution >= 0.6 is 7.82 Å². The summed E-state index contributed by atoms with van der Waals surface area (Å²) < 4.78 is 34.3. The molecule has 0 bridgehead atoms. The van der Waals surface area contributed by atoms with E-state index in [0.717, 1.165) is 103 Å². The monoisotopic (exact) mass is 883 g/mol. The molecule has 2 atom stereocenters. The molecule has 0 fully saturated rings. The maximum Gasteiger partial charge on any atom is 0.472 e. The first-order chi connectivity index (χ1) is 30.0. The van der Waals surface area contributed by atoms with Gasteiger partial charge in [0.15, 0.2) is 6.10 Å². The topological polar surface area (TPSA) is 108 Å². The molecular weight excluding hydrogens is 798 g/mol. The number of hydrogen-bond donors (Lipinski definition) is 1. The summed E-state index contributed by atoms with van der Waals surface area (Å²) in [5, 5.41) is 0. The summed E-state index contributed by atoms with van der Waals surface area (Å²) in [5.74, 6) is -0.888. The molecule has 0 rings (SSSR count). The van der Waals surface area contributed by atoms with Crippen molar-refractivity contribution in [3.8, 4) is 0 Å². The van der Waals surface area contributed by atoms with E-state index in [2.05, 4.69) is 135 Å². The molecule has 350 valence electrons. The molecule has 0 aliphatic carbocycles. The minimum Gasteiger partial charge on any atom is -0.462 e. The first-order valence-electron chi connectivity index (χ1n) is 23.3. The van der Waals surface area contributed by atoms with Gasteiger partial charge in [0.2, 0.25) is 0 Å². The second-order valence-electron chi connectivity index (χ2n) is 16.0. The summed E-state index contributed by atoms with van der Waals surface area (Å²) in [5.41, 5.74) is 0. The number of esters is 2. The Hall–Kier alpha value is -3.59. The SMILES string of the molecule is CC/C=C/C/C=C/C/C=C/C/C=C/C/C=C/CCCCCC(=O)OC[C@H](COP(=O)(O)OCC[N+](C)(C)C)OC(=O)CCCCC/C=C/C/C=C/C/C=C/C/C=C/C/C=C/CC. The molecule has 0 aromatic heterocycles. The van der Waals surface area contributed by atoms with E-state index in [1.807, 2.05) is 21.1 Å². The average molecular weight is 883 g/mol. The van der Waals surface area contributed by atoms with Crippen LogP contribution in [0.15, 0.2) is 122 Å². The van der Waals surface area contributed by atoms with Crippen molar-refractivity contribution in [2.75, 3.05) is 47.5 Å². The highest BCUT2D eigenvalue weighted by molar-refractivity contribution is 7.47. The van der Waals surface area contributed by atoms with Crippen molar-refractivity contribution >= 4 is 19.8 Å². The highest BCUT2D eigenvalue weighted by Gasteiger charge is 2.27. The molecule has 9 nitrogen and oxygen atoms in total. The van der Waals surface area contributed by atoms with Crippen molar-refractivity contribution in [1.82, 2.24) is 0 Å². The van der Waals surface area contributed by atoms with Gasteiger partial charge in [0.25, 0.3) is 0 Å². The van der Waals surface area contributed by atoms with Crippen molar-refractivity contribution in [2.24, 2.45) is 0 Å². The fourth-order valence-electron chi connectivity index (χ4n) is 5.42. The van der Waals surface area contributed by atoms with E-state index in [9.17, 15) is 19.0 Å². The third-order valence-electron chi connectivity index (χ3n) is 8.99. The summed E-state index contributed by atoms with van der Waals surface area (Å²) in [6, 6.07) is 0. The second kappa shape index (κ2) is 42.7. The van der Waals surface area contributed by atoms with Crippen LogP contribution in [0.3, 0.4) is 0 Å². The molecule has 62 heavy (non-hydrogen) atoms. The number of phosphoric ester groups is 1. The van der Waals surface area contributed by atoms with Crippen LogP contribution in [0, 0.1) is 0 Å². The van der Waals surface area contributed by atoms with Gasteiger partial charge in [-0.3, -0.25) is 18.6 Å². The maximum atomic E-state index is 12.7. The summed E-state index contributed by atoms with van der Waals surface area (Å²) in [4.78, 5) is 35.5. The molecule has 0 aromatic carbocycles. The largest absolute Gasteiger partial charge is 0.472 e. The minimum atomic E-state index is -4.41. The zero-order chi connectivity index (χ0) is 45.7. The van der Waals surface area contributed by atoms with E-state index < -0.39 is 32.5 Å². The molecule has 0 saturated heterocycles. The molecule has 1 N–H and O–H groups in total. The number of carbonyl (C=O) groups excluding carboxylic acids is 2. The van der Waals surface area contributed by atoms with E-state index >= 15 is 0 Å². The highest BCUT2D eigenvalue weighted by Crippen LogP contribution is 2.43. The van der Waals surface area contributed by atoms with Gasteiger partial charge in [0.05, 0.1) is 27.7 Å². The Morgan fingerprint density at radius 2 is 0.871 bits per heavy atom. The van der Waals surface area contributed by atoms with Crippen LogP contribution in [0.2, 0.25) is 0 Å². The van der Waals surface area contributed by atoms with Gasteiger partial charge in [-0.1, -0.05) is 148 Å². The molecule has 10 heteroatoms. The number of nitrogens with zero attached hydrogens (tertiary/aromatic N) is 1. The number of unbranched alkanes of at least 4 members (excludes halogenated alkanes) is 6. The van der Waals surface area contributed by atoms with E-state index in [-0.39, 0.29) is 26.1 Å². The molecule has 1 unspecified atom stereocenters. The lowest BCUT2D eigenvalue weighted by atomic mass is 10.1. The summed E-state index contributed by atoms with van der Waals surface area (Å²) in [6.07, 6.45) is 59.6. The summed E-state index contributed by atoms with van der Waals surface area (Å²) in [7, 11) is 1.41. The van der Waals surface area contributed by atoms with Crippen molar-refractivity contribution in [1.29, 1.82) is 0 Å². The van der Waals surface area contributed by atoms with Gasteiger partial charge < -0.3 is 18.9 Å². The molecule has 0 spiro atoms. The Morgan fingerprint density at radius 3 is 1.26 bits per heavy atom. The van der Waals surface area contributed by atoms with Crippen LogP contribution in [0.4, 0.5) is 0 Å². The van der Waals surface area contributed by atoms with Crippen LogP contribution in [0.5, 0.6) is 0 Å². The molecule has 0 aliphatic rings. The van der Waals surface area contributed by atoms with Crippen molar-refractivity contribution in [3.05, 3.63) is 122 Å². The zero-order valence-corrected chi connectivity index (χ0v) is 40.2. The summed E-state index contributed by atoms with van der Waals surface area (Å²) >= 11 is 0. The third kappa shape index (κ3) is 45.9. The van der Waals surface area contributed by atoms with Crippen molar-refractivity contribution in [2.45, 2.75) is 148 Å². The van der Waals surface area contributed by atoms with Gasteiger partial charge in [-0.05, 0) is 103 Å². The Morgan fingerprint density at radius 1 is 0.500 bits per heavy atom. The molecule has 0 aliphatic heterocycles. The molecule has 0 saturated carbocycles. The number of likely N-dealkylation sites (N-methyl/N-ethyl adjacent to an activating group) is 1. The first-order valence-corrected chi connectivity index (χ1v) is 24.8. The zero-order valence-electron chi connectivity index (χ0n) is 39.3. The minimum absolute atomic E-state index is 0.0113. The maximum absolute atomic E-state index is 12.7. The van der Waals surface area contributed by atoms with Gasteiger partial charge in [0.1, 0.15) is 19.8 Å². The number of allylic oxidation sites excluding steroid dienone is 20. The van der Waals surface area contributed by atoms with Crippen LogP contribution in [0.25, 0.3) is 0 Å². The number of hydrogen-bond acceptors (Lipinski definition) is 7. The molecule has 0 radical (unpaired) electrons. The predicted molar refractivity (Wildman–Crippen MR) is 261 cm³/mol. The normalized spacial score (nSPS) is 14.6. The molecular formula is C52H85NO8P+. The van der Waals surface area contributed by atoms with Gasteiger partial charge in [-0.25, -0.2) is 4.57 Å². The average Bonchev–Trinajstić information content (AvgIpc) is 3.23. The van der Waals surface area contributed by atoms with E-state index in [4.69, 9.17) is 18.5 Å². The Labute approximate surface area is 378 Å². The van der Waals surface area contributed by atoms with E-state index in [1.165, 1.54) is 0 Å². The number of carbonyl (C=O) groups is 2. The first kappa shape index (κ1) is 58.4. The van der Waals surface area contributed by atoms with E-state index in [1.54, 1.807) is 0 Å². The van der Waals surface area contributed by atoms with Crippen LogP contribution in [-0.4, -0.2) is 74.9 Å². The summed E-state index contributed by atoms with van der Waals surface area (Å²) in [6.45, 7) is 4.08. The van der Waals surface area contributed by atoms with Gasteiger partial charge in [0, 0.05) is 12.8 Å². The van der Waals surface area contributed by atoms with Crippen LogP contribution in [0.1, 0.15) is 142 Å². The van der Waals surface area contributed by atoms with E-state index in [0.29, 0.717) is 23.9 Å². The van der Waals surface area contributed by atoms with Crippen LogP contribution < -0.4 is 0 Å². The molecule has 0 amide bonds. The molecule has 0 heterocycles.